The lowest BCUT2D eigenvalue weighted by Crippen LogP contribution is -2.48. The highest BCUT2D eigenvalue weighted by atomic mass is 15.2. The zero-order chi connectivity index (χ0) is 12.8. The summed E-state index contributed by atoms with van der Waals surface area (Å²) in [4.78, 5) is 2.55. The van der Waals surface area contributed by atoms with Gasteiger partial charge in [-0.15, -0.1) is 0 Å². The lowest BCUT2D eigenvalue weighted by Gasteiger charge is -2.40. The van der Waals surface area contributed by atoms with Crippen molar-refractivity contribution in [2.45, 2.75) is 71.4 Å². The molecule has 1 fully saturated rings. The van der Waals surface area contributed by atoms with Crippen molar-refractivity contribution in [3.05, 3.63) is 0 Å². The topological polar surface area (TPSA) is 29.3 Å². The van der Waals surface area contributed by atoms with Gasteiger partial charge in [-0.2, -0.15) is 0 Å². The van der Waals surface area contributed by atoms with Gasteiger partial charge in [0.15, 0.2) is 0 Å². The summed E-state index contributed by atoms with van der Waals surface area (Å²) >= 11 is 0. The summed E-state index contributed by atoms with van der Waals surface area (Å²) < 4.78 is 0. The molecule has 4 unspecified atom stereocenters. The number of nitrogens with two attached hydrogens (primary N) is 1. The van der Waals surface area contributed by atoms with Crippen molar-refractivity contribution in [2.24, 2.45) is 17.6 Å². The Labute approximate surface area is 108 Å². The first-order valence-electron chi connectivity index (χ1n) is 7.52. The quantitative estimate of drug-likeness (QED) is 0.772. The van der Waals surface area contributed by atoms with Gasteiger partial charge in [0, 0.05) is 18.6 Å². The maximum Gasteiger partial charge on any atom is 0.0246 e. The minimum Gasteiger partial charge on any atom is -0.329 e. The Morgan fingerprint density at radius 1 is 1.35 bits per heavy atom. The first-order chi connectivity index (χ1) is 8.10. The Balaban J connectivity index is 2.56. The zero-order valence-electron chi connectivity index (χ0n) is 12.3. The van der Waals surface area contributed by atoms with Gasteiger partial charge in [0.2, 0.25) is 0 Å². The van der Waals surface area contributed by atoms with Gasteiger partial charge in [0.25, 0.3) is 0 Å². The van der Waals surface area contributed by atoms with Gasteiger partial charge in [-0.3, -0.25) is 4.90 Å². The lowest BCUT2D eigenvalue weighted by molar-refractivity contribution is 0.0965. The van der Waals surface area contributed by atoms with Crippen LogP contribution in [0.15, 0.2) is 0 Å². The van der Waals surface area contributed by atoms with Crippen LogP contribution in [0.1, 0.15) is 59.3 Å². The van der Waals surface area contributed by atoms with Gasteiger partial charge in [-0.05, 0) is 45.1 Å². The lowest BCUT2D eigenvalue weighted by atomic mass is 9.78. The third-order valence-electron chi connectivity index (χ3n) is 4.69. The van der Waals surface area contributed by atoms with Crippen LogP contribution in [-0.2, 0) is 0 Å². The molecule has 0 aromatic heterocycles. The number of rotatable bonds is 6. The molecule has 1 aliphatic carbocycles. The van der Waals surface area contributed by atoms with Crippen LogP contribution in [0.3, 0.4) is 0 Å². The second kappa shape index (κ2) is 7.38. The largest absolute Gasteiger partial charge is 0.329 e. The smallest absolute Gasteiger partial charge is 0.0246 e. The van der Waals surface area contributed by atoms with Crippen LogP contribution in [0.2, 0.25) is 0 Å². The highest BCUT2D eigenvalue weighted by molar-refractivity contribution is 4.85. The van der Waals surface area contributed by atoms with Crippen LogP contribution in [0, 0.1) is 11.8 Å². The molecule has 1 rings (SSSR count). The predicted octanol–water partition coefficient (Wildman–Crippen LogP) is 3.26. The van der Waals surface area contributed by atoms with E-state index in [1.165, 1.54) is 38.5 Å². The number of likely N-dealkylation sites (N-methyl/N-ethyl adjacent to an activating group) is 1. The fraction of sp³-hybridized carbons (Fsp3) is 1.00. The molecule has 2 N–H and O–H groups in total. The molecule has 17 heavy (non-hydrogen) atoms. The molecule has 0 aromatic carbocycles. The Bertz CT molecular complexity index is 205. The van der Waals surface area contributed by atoms with E-state index in [0.29, 0.717) is 12.1 Å². The summed E-state index contributed by atoms with van der Waals surface area (Å²) in [5.74, 6) is 1.73. The van der Waals surface area contributed by atoms with E-state index in [4.69, 9.17) is 5.73 Å². The molecule has 0 aliphatic heterocycles. The van der Waals surface area contributed by atoms with Crippen molar-refractivity contribution in [3.8, 4) is 0 Å². The monoisotopic (exact) mass is 240 g/mol. The van der Waals surface area contributed by atoms with E-state index in [1.807, 2.05) is 0 Å². The van der Waals surface area contributed by atoms with Crippen LogP contribution < -0.4 is 5.73 Å². The summed E-state index contributed by atoms with van der Waals surface area (Å²) in [5.41, 5.74) is 6.04. The Morgan fingerprint density at radius 2 is 2.06 bits per heavy atom. The molecule has 0 heterocycles. The van der Waals surface area contributed by atoms with Crippen LogP contribution in [-0.4, -0.2) is 30.6 Å². The number of hydrogen-bond acceptors (Lipinski definition) is 2. The summed E-state index contributed by atoms with van der Waals surface area (Å²) in [6, 6.07) is 1.27. The molecule has 0 radical (unpaired) electrons. The van der Waals surface area contributed by atoms with Crippen molar-refractivity contribution in [1.82, 2.24) is 4.90 Å². The van der Waals surface area contributed by atoms with Gasteiger partial charge in [0.05, 0.1) is 0 Å². The zero-order valence-corrected chi connectivity index (χ0v) is 12.3. The molecule has 0 saturated heterocycles. The fourth-order valence-electron chi connectivity index (χ4n) is 3.47. The van der Waals surface area contributed by atoms with E-state index in [9.17, 15) is 0 Å². The minimum absolute atomic E-state index is 0.597. The van der Waals surface area contributed by atoms with Gasteiger partial charge in [-0.25, -0.2) is 0 Å². The second-order valence-corrected chi connectivity index (χ2v) is 6.14. The van der Waals surface area contributed by atoms with E-state index in [2.05, 4.69) is 32.7 Å². The summed E-state index contributed by atoms with van der Waals surface area (Å²) in [7, 11) is 2.27. The predicted molar refractivity (Wildman–Crippen MR) is 76.1 cm³/mol. The molecule has 102 valence electrons. The van der Waals surface area contributed by atoms with Gasteiger partial charge < -0.3 is 5.73 Å². The average Bonchev–Trinajstić information content (AvgIpc) is 2.30. The van der Waals surface area contributed by atoms with Crippen LogP contribution in [0.4, 0.5) is 0 Å². The summed E-state index contributed by atoms with van der Waals surface area (Å²) in [6.07, 6.45) is 8.14. The molecule has 4 atom stereocenters. The minimum atomic E-state index is 0.597. The molecule has 0 bridgehead atoms. The average molecular weight is 240 g/mol. The molecular formula is C15H32N2. The maximum absolute atomic E-state index is 6.04. The summed E-state index contributed by atoms with van der Waals surface area (Å²) in [5, 5.41) is 0. The Kier molecular flexibility index (Phi) is 6.50. The molecule has 1 aliphatic rings. The highest BCUT2D eigenvalue weighted by Gasteiger charge is 2.29. The van der Waals surface area contributed by atoms with Crippen molar-refractivity contribution < 1.29 is 0 Å². The van der Waals surface area contributed by atoms with Crippen molar-refractivity contribution in [1.29, 1.82) is 0 Å². The van der Waals surface area contributed by atoms with Gasteiger partial charge in [0.1, 0.15) is 0 Å². The SMILES string of the molecule is CCCC(C)N(C)C(CN)C1CCCC(C)C1. The molecule has 0 spiro atoms. The Morgan fingerprint density at radius 3 is 2.59 bits per heavy atom. The molecule has 0 aromatic rings. The van der Waals surface area contributed by atoms with Crippen LogP contribution in [0.25, 0.3) is 0 Å². The third kappa shape index (κ3) is 4.26. The number of hydrogen-bond donors (Lipinski definition) is 1. The molecule has 2 heteroatoms. The second-order valence-electron chi connectivity index (χ2n) is 6.14. The van der Waals surface area contributed by atoms with Crippen molar-refractivity contribution in [2.75, 3.05) is 13.6 Å². The standard InChI is InChI=1S/C15H32N2/c1-5-7-13(3)17(4)15(11-16)14-9-6-8-12(2)10-14/h12-15H,5-11,16H2,1-4H3. The highest BCUT2D eigenvalue weighted by Crippen LogP contribution is 2.32. The van der Waals surface area contributed by atoms with E-state index in [-0.39, 0.29) is 0 Å². The van der Waals surface area contributed by atoms with Crippen molar-refractivity contribution >= 4 is 0 Å². The molecule has 0 amide bonds. The van der Waals surface area contributed by atoms with Crippen molar-refractivity contribution in [3.63, 3.8) is 0 Å². The Hall–Kier alpha value is -0.0800. The van der Waals surface area contributed by atoms with E-state index in [0.717, 1.165) is 18.4 Å². The molecular weight excluding hydrogens is 208 g/mol. The van der Waals surface area contributed by atoms with E-state index in [1.54, 1.807) is 0 Å². The maximum atomic E-state index is 6.04. The van der Waals surface area contributed by atoms with Gasteiger partial charge >= 0.3 is 0 Å². The summed E-state index contributed by atoms with van der Waals surface area (Å²) in [6.45, 7) is 7.83. The van der Waals surface area contributed by atoms with E-state index >= 15 is 0 Å². The first-order valence-corrected chi connectivity index (χ1v) is 7.52. The fourth-order valence-corrected chi connectivity index (χ4v) is 3.47. The first kappa shape index (κ1) is 15.0. The normalized spacial score (nSPS) is 29.3. The molecule has 2 nitrogen and oxygen atoms in total. The van der Waals surface area contributed by atoms with Crippen LogP contribution in [0.5, 0.6) is 0 Å². The van der Waals surface area contributed by atoms with Gasteiger partial charge in [-0.1, -0.05) is 33.1 Å². The van der Waals surface area contributed by atoms with Crippen LogP contribution >= 0.6 is 0 Å². The third-order valence-corrected chi connectivity index (χ3v) is 4.69. The van der Waals surface area contributed by atoms with E-state index < -0.39 is 0 Å². The number of nitrogens with zero attached hydrogens (tertiary/aromatic N) is 1. The molecule has 1 saturated carbocycles.